The summed E-state index contributed by atoms with van der Waals surface area (Å²) in [5.41, 5.74) is 5.02. The first kappa shape index (κ1) is 27.3. The van der Waals surface area contributed by atoms with Crippen molar-refractivity contribution in [3.63, 3.8) is 0 Å². The molecule has 9 heteroatoms. The van der Waals surface area contributed by atoms with Gasteiger partial charge in [-0.05, 0) is 115 Å². The number of carbonyl (C=O) groups is 1. The predicted octanol–water partition coefficient (Wildman–Crippen LogP) is 8.34. The van der Waals surface area contributed by atoms with Crippen LogP contribution < -0.4 is 15.4 Å². The summed E-state index contributed by atoms with van der Waals surface area (Å²) >= 11 is 12.0. The van der Waals surface area contributed by atoms with E-state index in [1.54, 1.807) is 12.1 Å². The Hall–Kier alpha value is -3.52. The third-order valence-electron chi connectivity index (χ3n) is 9.05. The quantitative estimate of drug-likeness (QED) is 0.203. The van der Waals surface area contributed by atoms with Crippen molar-refractivity contribution in [2.24, 2.45) is 17.8 Å². The Morgan fingerprint density at radius 3 is 2.26 bits per heavy atom. The average molecular weight is 619 g/mol. The first-order valence-electron chi connectivity index (χ1n) is 14.1. The highest BCUT2D eigenvalue weighted by molar-refractivity contribution is 7.92. The van der Waals surface area contributed by atoms with Gasteiger partial charge in [-0.3, -0.25) is 9.52 Å². The second kappa shape index (κ2) is 10.6. The number of fused-ring (bicyclic) bond motifs is 7. The van der Waals surface area contributed by atoms with Crippen LogP contribution in [-0.2, 0) is 10.0 Å². The van der Waals surface area contributed by atoms with Crippen molar-refractivity contribution in [1.82, 2.24) is 0 Å². The molecule has 4 aromatic carbocycles. The van der Waals surface area contributed by atoms with Crippen molar-refractivity contribution in [1.29, 1.82) is 0 Å². The van der Waals surface area contributed by atoms with E-state index in [0.29, 0.717) is 45.0 Å². The Bertz CT molecular complexity index is 1760. The lowest BCUT2D eigenvalue weighted by Gasteiger charge is -2.43. The van der Waals surface area contributed by atoms with E-state index in [0.717, 1.165) is 5.69 Å². The van der Waals surface area contributed by atoms with Gasteiger partial charge in [0, 0.05) is 27.0 Å². The van der Waals surface area contributed by atoms with Crippen LogP contribution in [0, 0.1) is 17.8 Å². The fourth-order valence-corrected chi connectivity index (χ4v) is 8.93. The zero-order valence-corrected chi connectivity index (χ0v) is 24.9. The fourth-order valence-electron chi connectivity index (χ4n) is 7.37. The van der Waals surface area contributed by atoms with Crippen LogP contribution in [0.15, 0.2) is 95.9 Å². The van der Waals surface area contributed by atoms with Crippen molar-refractivity contribution < 1.29 is 13.2 Å². The molecule has 5 atom stereocenters. The van der Waals surface area contributed by atoms with Crippen LogP contribution in [0.2, 0.25) is 10.0 Å². The molecular weight excluding hydrogens is 589 g/mol. The molecule has 0 unspecified atom stereocenters. The molecule has 2 saturated carbocycles. The lowest BCUT2D eigenvalue weighted by Crippen LogP contribution is -2.35. The number of amides is 1. The van der Waals surface area contributed by atoms with Crippen molar-refractivity contribution in [2.75, 3.05) is 15.4 Å². The molecule has 1 aliphatic heterocycles. The van der Waals surface area contributed by atoms with Gasteiger partial charge in [-0.25, -0.2) is 8.42 Å². The maximum atomic E-state index is 13.3. The summed E-state index contributed by atoms with van der Waals surface area (Å²) in [6.07, 6.45) is 3.78. The highest BCUT2D eigenvalue weighted by Gasteiger charge is 2.53. The Morgan fingerprint density at radius 1 is 0.810 bits per heavy atom. The van der Waals surface area contributed by atoms with Crippen LogP contribution >= 0.6 is 23.2 Å². The van der Waals surface area contributed by atoms with Crippen LogP contribution in [0.3, 0.4) is 0 Å². The molecule has 214 valence electrons. The highest BCUT2D eigenvalue weighted by atomic mass is 35.5. The molecule has 42 heavy (non-hydrogen) atoms. The molecule has 6 nitrogen and oxygen atoms in total. The molecule has 1 heterocycles. The standard InChI is InChI=1S/C33H29Cl2N3O3S/c34-23-16-24(35)18-26(17-23)38-42(40,41)27-11-9-25(10-12-27)36-33(39)22-8-13-29-28(15-22)30-20-6-7-21(14-20)31(30)32(37-29)19-4-2-1-3-5-19/h1-5,8-13,15-18,20-21,30-32,37-38H,6-7,14H2,(H,36,39)/t20-,21-,30-,31+,32-/m0/s1. The molecule has 7 rings (SSSR count). The lowest BCUT2D eigenvalue weighted by molar-refractivity contribution is 0.102. The summed E-state index contributed by atoms with van der Waals surface area (Å²) in [5, 5.41) is 7.39. The average Bonchev–Trinajstić information content (AvgIpc) is 3.60. The van der Waals surface area contributed by atoms with Crippen LogP contribution in [0.4, 0.5) is 17.1 Å². The van der Waals surface area contributed by atoms with Gasteiger partial charge >= 0.3 is 0 Å². The third-order valence-corrected chi connectivity index (χ3v) is 10.9. The molecule has 0 saturated heterocycles. The first-order chi connectivity index (χ1) is 20.2. The molecule has 0 aromatic heterocycles. The largest absolute Gasteiger partial charge is 0.378 e. The van der Waals surface area contributed by atoms with Gasteiger partial charge < -0.3 is 10.6 Å². The van der Waals surface area contributed by atoms with Crippen LogP contribution in [0.5, 0.6) is 0 Å². The normalized spacial score (nSPS) is 23.9. The van der Waals surface area contributed by atoms with Gasteiger partial charge in [-0.1, -0.05) is 53.5 Å². The number of rotatable bonds is 6. The summed E-state index contributed by atoms with van der Waals surface area (Å²) in [4.78, 5) is 13.4. The topological polar surface area (TPSA) is 87.3 Å². The Labute approximate surface area is 255 Å². The summed E-state index contributed by atoms with van der Waals surface area (Å²) in [6, 6.07) is 27.5. The molecule has 2 aliphatic carbocycles. The minimum absolute atomic E-state index is 0.0479. The number of sulfonamides is 1. The third kappa shape index (κ3) is 5.04. The number of hydrogen-bond acceptors (Lipinski definition) is 4. The van der Waals surface area contributed by atoms with E-state index in [2.05, 4.69) is 51.8 Å². The number of hydrogen-bond donors (Lipinski definition) is 3. The van der Waals surface area contributed by atoms with Crippen LogP contribution in [0.25, 0.3) is 0 Å². The van der Waals surface area contributed by atoms with Crippen LogP contribution in [-0.4, -0.2) is 14.3 Å². The predicted molar refractivity (Wildman–Crippen MR) is 168 cm³/mol. The van der Waals surface area contributed by atoms with E-state index in [9.17, 15) is 13.2 Å². The van der Waals surface area contributed by atoms with Gasteiger partial charge in [0.05, 0.1) is 16.6 Å². The fraction of sp³-hybridized carbons (Fsp3) is 0.242. The van der Waals surface area contributed by atoms with E-state index in [1.807, 2.05) is 12.1 Å². The number of carbonyl (C=O) groups excluding carboxylic acids is 1. The number of anilines is 3. The summed E-state index contributed by atoms with van der Waals surface area (Å²) < 4.78 is 28.3. The van der Waals surface area contributed by atoms with Crippen molar-refractivity contribution in [2.45, 2.75) is 36.1 Å². The summed E-state index contributed by atoms with van der Waals surface area (Å²) in [6.45, 7) is 0. The monoisotopic (exact) mass is 617 g/mol. The number of nitrogens with one attached hydrogen (secondary N) is 3. The smallest absolute Gasteiger partial charge is 0.261 e. The molecular formula is C33H29Cl2N3O3S. The van der Waals surface area contributed by atoms with Crippen LogP contribution in [0.1, 0.15) is 52.7 Å². The molecule has 3 N–H and O–H groups in total. The Kier molecular flexibility index (Phi) is 6.92. The molecule has 0 radical (unpaired) electrons. The first-order valence-corrected chi connectivity index (χ1v) is 16.3. The van der Waals surface area contributed by atoms with Gasteiger partial charge in [-0.15, -0.1) is 0 Å². The summed E-state index contributed by atoms with van der Waals surface area (Å²) in [7, 11) is -3.88. The maximum Gasteiger partial charge on any atom is 0.261 e. The summed E-state index contributed by atoms with van der Waals surface area (Å²) in [5.74, 6) is 2.07. The second-order valence-electron chi connectivity index (χ2n) is 11.5. The Morgan fingerprint density at radius 2 is 1.52 bits per heavy atom. The number of halogens is 2. The van der Waals surface area contributed by atoms with Crippen molar-refractivity contribution >= 4 is 56.2 Å². The molecule has 0 spiro atoms. The van der Waals surface area contributed by atoms with Crippen molar-refractivity contribution in [3.05, 3.63) is 118 Å². The molecule has 2 fully saturated rings. The van der Waals surface area contributed by atoms with E-state index in [4.69, 9.17) is 23.2 Å². The zero-order chi connectivity index (χ0) is 29.0. The van der Waals surface area contributed by atoms with Gasteiger partial charge in [0.15, 0.2) is 0 Å². The van der Waals surface area contributed by atoms with E-state index in [1.165, 1.54) is 60.7 Å². The number of benzene rings is 4. The maximum absolute atomic E-state index is 13.3. The minimum Gasteiger partial charge on any atom is -0.378 e. The lowest BCUT2D eigenvalue weighted by atomic mass is 9.68. The second-order valence-corrected chi connectivity index (χ2v) is 14.1. The molecule has 3 aliphatic rings. The molecule has 2 bridgehead atoms. The van der Waals surface area contributed by atoms with Crippen molar-refractivity contribution in [3.8, 4) is 0 Å². The highest BCUT2D eigenvalue weighted by Crippen LogP contribution is 2.63. The Balaban J connectivity index is 1.10. The SMILES string of the molecule is O=C(Nc1ccc(S(=O)(=O)Nc2cc(Cl)cc(Cl)c2)cc1)c1ccc2c(c1)[C@@H]1[C@H]3CC[C@@H](C3)[C@H]1[C@H](c1ccccc1)N2. The zero-order valence-electron chi connectivity index (χ0n) is 22.6. The van der Waals surface area contributed by atoms with Gasteiger partial charge in [-0.2, -0.15) is 0 Å². The van der Waals surface area contributed by atoms with E-state index in [-0.39, 0.29) is 22.5 Å². The molecule has 4 aromatic rings. The van der Waals surface area contributed by atoms with Gasteiger partial charge in [0.1, 0.15) is 0 Å². The van der Waals surface area contributed by atoms with Gasteiger partial charge in [0.25, 0.3) is 15.9 Å². The minimum atomic E-state index is -3.88. The molecule has 1 amide bonds. The van der Waals surface area contributed by atoms with E-state index < -0.39 is 10.0 Å². The van der Waals surface area contributed by atoms with Gasteiger partial charge in [0.2, 0.25) is 0 Å². The van der Waals surface area contributed by atoms with E-state index >= 15 is 0 Å².